The van der Waals surface area contributed by atoms with Gasteiger partial charge in [0.1, 0.15) is 5.65 Å². The first-order valence-corrected chi connectivity index (χ1v) is 5.85. The second kappa shape index (κ2) is 4.27. The quantitative estimate of drug-likeness (QED) is 0.658. The second-order valence-electron chi connectivity index (χ2n) is 3.93. The van der Waals surface area contributed by atoms with Crippen molar-refractivity contribution in [2.24, 2.45) is 0 Å². The van der Waals surface area contributed by atoms with Crippen LogP contribution >= 0.6 is 11.6 Å². The van der Waals surface area contributed by atoms with E-state index in [9.17, 15) is 4.79 Å². The first-order chi connectivity index (χ1) is 8.78. The van der Waals surface area contributed by atoms with E-state index in [1.54, 1.807) is 10.5 Å². The smallest absolute Gasteiger partial charge is 0.166 e. The lowest BCUT2D eigenvalue weighted by atomic mass is 10.2. The predicted octanol–water partition coefficient (Wildman–Crippen LogP) is 3.47. The summed E-state index contributed by atoms with van der Waals surface area (Å²) in [6, 6.07) is 12.9. The molecule has 18 heavy (non-hydrogen) atoms. The van der Waals surface area contributed by atoms with E-state index in [2.05, 4.69) is 4.98 Å². The van der Waals surface area contributed by atoms with Crippen molar-refractivity contribution in [3.05, 3.63) is 59.4 Å². The van der Waals surface area contributed by atoms with Crippen LogP contribution < -0.4 is 0 Å². The molecular weight excluding hydrogens is 248 g/mol. The summed E-state index contributed by atoms with van der Waals surface area (Å²) in [7, 11) is 0. The van der Waals surface area contributed by atoms with Gasteiger partial charge < -0.3 is 0 Å². The number of nitrogens with zero attached hydrogens (tertiary/aromatic N) is 2. The van der Waals surface area contributed by atoms with Gasteiger partial charge in [-0.15, -0.1) is 0 Å². The molecule has 0 atom stereocenters. The van der Waals surface area contributed by atoms with Crippen molar-refractivity contribution in [2.45, 2.75) is 0 Å². The molecule has 0 spiro atoms. The fourth-order valence-corrected chi connectivity index (χ4v) is 2.01. The van der Waals surface area contributed by atoms with Crippen LogP contribution in [0.5, 0.6) is 0 Å². The summed E-state index contributed by atoms with van der Waals surface area (Å²) < 4.78 is 1.77. The van der Waals surface area contributed by atoms with E-state index in [1.165, 1.54) is 0 Å². The van der Waals surface area contributed by atoms with E-state index in [4.69, 9.17) is 11.6 Å². The van der Waals surface area contributed by atoms with E-state index < -0.39 is 0 Å². The van der Waals surface area contributed by atoms with Gasteiger partial charge in [0.25, 0.3) is 0 Å². The molecule has 1 aromatic carbocycles. The summed E-state index contributed by atoms with van der Waals surface area (Å²) in [5, 5.41) is 0.691. The number of imidazole rings is 1. The summed E-state index contributed by atoms with van der Waals surface area (Å²) in [6.07, 6.45) is 2.67. The number of carbonyl (C=O) groups excluding carboxylic acids is 1. The Labute approximate surface area is 109 Å². The Morgan fingerprint density at radius 2 is 1.89 bits per heavy atom. The van der Waals surface area contributed by atoms with Crippen molar-refractivity contribution >= 4 is 23.5 Å². The zero-order valence-corrected chi connectivity index (χ0v) is 10.1. The van der Waals surface area contributed by atoms with E-state index >= 15 is 0 Å². The van der Waals surface area contributed by atoms with Crippen molar-refractivity contribution in [2.75, 3.05) is 0 Å². The fourth-order valence-electron chi connectivity index (χ4n) is 1.89. The molecule has 3 nitrogen and oxygen atoms in total. The van der Waals surface area contributed by atoms with E-state index in [0.29, 0.717) is 10.7 Å². The molecule has 3 aromatic rings. The number of aldehydes is 1. The van der Waals surface area contributed by atoms with Crippen molar-refractivity contribution in [1.29, 1.82) is 0 Å². The third-order valence-electron chi connectivity index (χ3n) is 2.78. The van der Waals surface area contributed by atoms with Crippen LogP contribution in [0.15, 0.2) is 48.7 Å². The van der Waals surface area contributed by atoms with Gasteiger partial charge in [-0.1, -0.05) is 29.8 Å². The minimum atomic E-state index is 0.584. The minimum Gasteiger partial charge on any atom is -0.296 e. The average Bonchev–Trinajstić information content (AvgIpc) is 2.83. The number of hydrogen-bond acceptors (Lipinski definition) is 2. The van der Waals surface area contributed by atoms with Gasteiger partial charge in [-0.3, -0.25) is 9.20 Å². The summed E-state index contributed by atoms with van der Waals surface area (Å²) in [4.78, 5) is 15.4. The number of fused-ring (bicyclic) bond motifs is 1. The molecule has 0 aliphatic carbocycles. The molecule has 0 unspecified atom stereocenters. The molecule has 0 saturated heterocycles. The van der Waals surface area contributed by atoms with Crippen LogP contribution in [-0.4, -0.2) is 15.7 Å². The van der Waals surface area contributed by atoms with Crippen LogP contribution in [0.4, 0.5) is 0 Å². The van der Waals surface area contributed by atoms with Gasteiger partial charge in [0, 0.05) is 16.8 Å². The molecular formula is C14H9ClN2O. The maximum atomic E-state index is 10.9. The Morgan fingerprint density at radius 3 is 2.61 bits per heavy atom. The van der Waals surface area contributed by atoms with Crippen molar-refractivity contribution in [3.8, 4) is 11.3 Å². The summed E-state index contributed by atoms with van der Waals surface area (Å²) in [5.41, 5.74) is 3.13. The lowest BCUT2D eigenvalue weighted by molar-refractivity contribution is 0.111. The highest BCUT2D eigenvalue weighted by Gasteiger charge is 2.06. The number of rotatable bonds is 2. The van der Waals surface area contributed by atoms with Crippen molar-refractivity contribution in [1.82, 2.24) is 9.38 Å². The monoisotopic (exact) mass is 256 g/mol. The highest BCUT2D eigenvalue weighted by molar-refractivity contribution is 6.30. The van der Waals surface area contributed by atoms with Crippen LogP contribution in [0.2, 0.25) is 5.02 Å². The molecule has 0 saturated carbocycles. The Morgan fingerprint density at radius 1 is 1.11 bits per heavy atom. The number of carbonyl (C=O) groups is 1. The lowest BCUT2D eigenvalue weighted by Crippen LogP contribution is -1.91. The van der Waals surface area contributed by atoms with Crippen LogP contribution in [0.1, 0.15) is 10.5 Å². The van der Waals surface area contributed by atoms with Gasteiger partial charge in [0.2, 0.25) is 0 Å². The van der Waals surface area contributed by atoms with Crippen LogP contribution in [0.3, 0.4) is 0 Å². The molecule has 88 valence electrons. The van der Waals surface area contributed by atoms with Gasteiger partial charge in [-0.05, 0) is 24.3 Å². The minimum absolute atomic E-state index is 0.584. The normalized spacial score (nSPS) is 10.7. The molecule has 3 rings (SSSR count). The Balaban J connectivity index is 2.19. The van der Waals surface area contributed by atoms with Gasteiger partial charge in [-0.25, -0.2) is 4.98 Å². The van der Waals surface area contributed by atoms with E-state index in [0.717, 1.165) is 23.2 Å². The van der Waals surface area contributed by atoms with Crippen molar-refractivity contribution in [3.63, 3.8) is 0 Å². The number of aromatic nitrogens is 2. The molecule has 0 aliphatic heterocycles. The Bertz CT molecular complexity index is 716. The number of benzene rings is 1. The standard InChI is InChI=1S/C14H9ClN2O/c15-11-6-4-10(5-7-11)13-8-17-12(9-18)2-1-3-14(17)16-13/h1-9H. The fraction of sp³-hybridized carbons (Fsp3) is 0. The van der Waals surface area contributed by atoms with Gasteiger partial charge in [0.05, 0.1) is 11.4 Å². The highest BCUT2D eigenvalue weighted by atomic mass is 35.5. The first-order valence-electron chi connectivity index (χ1n) is 5.47. The van der Waals surface area contributed by atoms with Crippen LogP contribution in [-0.2, 0) is 0 Å². The molecule has 4 heteroatoms. The summed E-state index contributed by atoms with van der Waals surface area (Å²) in [6.45, 7) is 0. The number of hydrogen-bond donors (Lipinski definition) is 0. The molecule has 0 N–H and O–H groups in total. The largest absolute Gasteiger partial charge is 0.296 e. The second-order valence-corrected chi connectivity index (χ2v) is 4.37. The van der Waals surface area contributed by atoms with Gasteiger partial charge in [0.15, 0.2) is 6.29 Å². The first kappa shape index (κ1) is 11.0. The predicted molar refractivity (Wildman–Crippen MR) is 71.0 cm³/mol. The summed E-state index contributed by atoms with van der Waals surface area (Å²) in [5.74, 6) is 0. The third kappa shape index (κ3) is 1.79. The molecule has 0 radical (unpaired) electrons. The van der Waals surface area contributed by atoms with Gasteiger partial charge >= 0.3 is 0 Å². The number of halogens is 1. The molecule has 0 aliphatic rings. The molecule has 2 aromatic heterocycles. The van der Waals surface area contributed by atoms with E-state index in [1.807, 2.05) is 42.6 Å². The maximum Gasteiger partial charge on any atom is 0.166 e. The van der Waals surface area contributed by atoms with Crippen LogP contribution in [0, 0.1) is 0 Å². The van der Waals surface area contributed by atoms with Crippen molar-refractivity contribution < 1.29 is 4.79 Å². The Hall–Kier alpha value is -2.13. The van der Waals surface area contributed by atoms with Crippen LogP contribution in [0.25, 0.3) is 16.9 Å². The van der Waals surface area contributed by atoms with E-state index in [-0.39, 0.29) is 0 Å². The molecule has 0 fully saturated rings. The third-order valence-corrected chi connectivity index (χ3v) is 3.04. The zero-order valence-electron chi connectivity index (χ0n) is 9.38. The lowest BCUT2D eigenvalue weighted by Gasteiger charge is -1.95. The number of pyridine rings is 1. The topological polar surface area (TPSA) is 34.4 Å². The molecule has 0 bridgehead atoms. The molecule has 2 heterocycles. The average molecular weight is 257 g/mol. The molecule has 0 amide bonds. The highest BCUT2D eigenvalue weighted by Crippen LogP contribution is 2.21. The van der Waals surface area contributed by atoms with Gasteiger partial charge in [-0.2, -0.15) is 0 Å². The summed E-state index contributed by atoms with van der Waals surface area (Å²) >= 11 is 5.85. The maximum absolute atomic E-state index is 10.9. The zero-order chi connectivity index (χ0) is 12.5. The SMILES string of the molecule is O=Cc1cccc2nc(-c3ccc(Cl)cc3)cn12. The Kier molecular flexibility index (Phi) is 2.61.